The highest BCUT2D eigenvalue weighted by atomic mass is 35.5. The molecule has 5 nitrogen and oxygen atoms in total. The second kappa shape index (κ2) is 8.90. The van der Waals surface area contributed by atoms with Crippen LogP contribution in [0, 0.1) is 11.3 Å². The van der Waals surface area contributed by atoms with Crippen molar-refractivity contribution in [1.29, 1.82) is 5.26 Å². The predicted molar refractivity (Wildman–Crippen MR) is 91.4 cm³/mol. The zero-order valence-corrected chi connectivity index (χ0v) is 14.1. The van der Waals surface area contributed by atoms with Gasteiger partial charge in [-0.2, -0.15) is 5.26 Å². The summed E-state index contributed by atoms with van der Waals surface area (Å²) in [6, 6.07) is 12.8. The van der Waals surface area contributed by atoms with E-state index in [1.165, 1.54) is 0 Å². The Bertz CT molecular complexity index is 716. The van der Waals surface area contributed by atoms with Gasteiger partial charge in [0.1, 0.15) is 5.75 Å². The minimum atomic E-state index is -0.708. The van der Waals surface area contributed by atoms with Gasteiger partial charge in [0.15, 0.2) is 6.10 Å². The number of hydrogen-bond donors (Lipinski definition) is 0. The molecule has 0 saturated carbocycles. The van der Waals surface area contributed by atoms with E-state index in [1.807, 2.05) is 12.1 Å². The summed E-state index contributed by atoms with van der Waals surface area (Å²) >= 11 is 6.06. The van der Waals surface area contributed by atoms with Gasteiger partial charge in [0, 0.05) is 25.5 Å². The van der Waals surface area contributed by atoms with Crippen LogP contribution in [0.15, 0.2) is 48.8 Å². The highest BCUT2D eigenvalue weighted by Gasteiger charge is 2.22. The average molecular weight is 344 g/mol. The van der Waals surface area contributed by atoms with E-state index in [1.54, 1.807) is 48.5 Å². The van der Waals surface area contributed by atoms with Crippen molar-refractivity contribution in [2.24, 2.45) is 0 Å². The second-order valence-corrected chi connectivity index (χ2v) is 5.63. The maximum absolute atomic E-state index is 12.7. The van der Waals surface area contributed by atoms with Crippen LogP contribution in [0.4, 0.5) is 0 Å². The topological polar surface area (TPSA) is 66.2 Å². The third-order valence-electron chi connectivity index (χ3n) is 3.39. The van der Waals surface area contributed by atoms with Crippen LogP contribution in [-0.2, 0) is 11.3 Å². The number of para-hydroxylation sites is 1. The molecule has 1 atom stereocenters. The Morgan fingerprint density at radius 1 is 1.38 bits per heavy atom. The van der Waals surface area contributed by atoms with Gasteiger partial charge in [0.05, 0.1) is 17.5 Å². The summed E-state index contributed by atoms with van der Waals surface area (Å²) in [4.78, 5) is 18.3. The van der Waals surface area contributed by atoms with Crippen LogP contribution < -0.4 is 4.74 Å². The Hall–Kier alpha value is -2.58. The van der Waals surface area contributed by atoms with Crippen molar-refractivity contribution in [3.63, 3.8) is 0 Å². The molecule has 0 N–H and O–H groups in total. The van der Waals surface area contributed by atoms with Crippen molar-refractivity contribution in [3.05, 3.63) is 59.4 Å². The molecule has 0 aliphatic carbocycles. The first-order valence-electron chi connectivity index (χ1n) is 7.57. The van der Waals surface area contributed by atoms with Gasteiger partial charge in [-0.3, -0.25) is 9.78 Å². The molecule has 2 rings (SSSR count). The number of rotatable bonds is 7. The minimum absolute atomic E-state index is 0.200. The summed E-state index contributed by atoms with van der Waals surface area (Å²) < 4.78 is 5.68. The second-order valence-electron chi connectivity index (χ2n) is 5.22. The first kappa shape index (κ1) is 17.8. The molecule has 0 fully saturated rings. The summed E-state index contributed by atoms with van der Waals surface area (Å²) in [5, 5.41) is 9.28. The number of hydrogen-bond acceptors (Lipinski definition) is 4. The number of benzene rings is 1. The van der Waals surface area contributed by atoms with Crippen molar-refractivity contribution in [3.8, 4) is 11.8 Å². The molecule has 0 unspecified atom stereocenters. The van der Waals surface area contributed by atoms with Crippen LogP contribution in [0.5, 0.6) is 5.75 Å². The normalized spacial score (nSPS) is 11.4. The van der Waals surface area contributed by atoms with E-state index >= 15 is 0 Å². The molecule has 2 aromatic rings. The van der Waals surface area contributed by atoms with Crippen molar-refractivity contribution < 1.29 is 9.53 Å². The minimum Gasteiger partial charge on any atom is -0.479 e. The molecule has 124 valence electrons. The number of carbonyl (C=O) groups excluding carboxylic acids is 1. The first-order valence-corrected chi connectivity index (χ1v) is 7.95. The smallest absolute Gasteiger partial charge is 0.263 e. The van der Waals surface area contributed by atoms with Gasteiger partial charge in [0.2, 0.25) is 0 Å². The Morgan fingerprint density at radius 3 is 2.83 bits per heavy atom. The van der Waals surface area contributed by atoms with Crippen LogP contribution in [0.3, 0.4) is 0 Å². The lowest BCUT2D eigenvalue weighted by Gasteiger charge is -2.25. The number of ether oxygens (including phenoxy) is 1. The highest BCUT2D eigenvalue weighted by molar-refractivity contribution is 6.32. The molecule has 0 bridgehead atoms. The molecule has 0 radical (unpaired) electrons. The zero-order valence-electron chi connectivity index (χ0n) is 13.4. The van der Waals surface area contributed by atoms with E-state index in [0.717, 1.165) is 5.56 Å². The fourth-order valence-corrected chi connectivity index (χ4v) is 2.38. The fraction of sp³-hybridized carbons (Fsp3) is 0.278. The summed E-state index contributed by atoms with van der Waals surface area (Å²) in [7, 11) is 0. The van der Waals surface area contributed by atoms with Crippen LogP contribution in [0.2, 0.25) is 5.02 Å². The SMILES string of the molecule is C[C@H](Oc1ccccc1Cl)C(=O)N(CCC#N)Cc1cccnc1. The van der Waals surface area contributed by atoms with E-state index in [9.17, 15) is 4.79 Å². The van der Waals surface area contributed by atoms with Gasteiger partial charge >= 0.3 is 0 Å². The van der Waals surface area contributed by atoms with E-state index in [2.05, 4.69) is 11.1 Å². The lowest BCUT2D eigenvalue weighted by atomic mass is 10.2. The number of amides is 1. The molecule has 1 aromatic heterocycles. The lowest BCUT2D eigenvalue weighted by Crippen LogP contribution is -2.40. The van der Waals surface area contributed by atoms with E-state index in [0.29, 0.717) is 23.9 Å². The maximum Gasteiger partial charge on any atom is 0.263 e. The molecule has 0 aliphatic rings. The van der Waals surface area contributed by atoms with E-state index in [4.69, 9.17) is 21.6 Å². The maximum atomic E-state index is 12.7. The quantitative estimate of drug-likeness (QED) is 0.772. The van der Waals surface area contributed by atoms with Gasteiger partial charge < -0.3 is 9.64 Å². The van der Waals surface area contributed by atoms with E-state index in [-0.39, 0.29) is 12.3 Å². The van der Waals surface area contributed by atoms with Crippen molar-refractivity contribution in [1.82, 2.24) is 9.88 Å². The largest absolute Gasteiger partial charge is 0.479 e. The molecular weight excluding hydrogens is 326 g/mol. The Kier molecular flexibility index (Phi) is 6.59. The number of nitrogens with zero attached hydrogens (tertiary/aromatic N) is 3. The Labute approximate surface area is 146 Å². The predicted octanol–water partition coefficient (Wildman–Crippen LogP) is 3.44. The summed E-state index contributed by atoms with van der Waals surface area (Å²) in [5.41, 5.74) is 0.897. The Balaban J connectivity index is 2.08. The van der Waals surface area contributed by atoms with Crippen molar-refractivity contribution in [2.45, 2.75) is 26.0 Å². The van der Waals surface area contributed by atoms with Crippen molar-refractivity contribution in [2.75, 3.05) is 6.54 Å². The van der Waals surface area contributed by atoms with E-state index < -0.39 is 6.10 Å². The molecule has 1 heterocycles. The van der Waals surface area contributed by atoms with Crippen LogP contribution >= 0.6 is 11.6 Å². The summed E-state index contributed by atoms with van der Waals surface area (Å²) in [6.07, 6.45) is 2.92. The number of pyridine rings is 1. The van der Waals surface area contributed by atoms with Crippen LogP contribution in [0.25, 0.3) is 0 Å². The van der Waals surface area contributed by atoms with Gasteiger partial charge in [-0.15, -0.1) is 0 Å². The molecule has 0 spiro atoms. The Morgan fingerprint density at radius 2 is 2.17 bits per heavy atom. The lowest BCUT2D eigenvalue weighted by molar-refractivity contribution is -0.138. The standard InChI is InChI=1S/C18H18ClN3O2/c1-14(24-17-8-3-2-7-16(17)19)18(23)22(11-5-9-20)13-15-6-4-10-21-12-15/h2-4,6-8,10,12,14H,5,11,13H2,1H3/t14-/m0/s1. The number of nitriles is 1. The number of carbonyl (C=O) groups is 1. The fourth-order valence-electron chi connectivity index (χ4n) is 2.20. The third-order valence-corrected chi connectivity index (χ3v) is 3.70. The molecular formula is C18H18ClN3O2. The highest BCUT2D eigenvalue weighted by Crippen LogP contribution is 2.24. The van der Waals surface area contributed by atoms with Crippen molar-refractivity contribution >= 4 is 17.5 Å². The summed E-state index contributed by atoms with van der Waals surface area (Å²) in [5.74, 6) is 0.260. The van der Waals surface area contributed by atoms with Gasteiger partial charge in [-0.1, -0.05) is 29.8 Å². The summed E-state index contributed by atoms with van der Waals surface area (Å²) in [6.45, 7) is 2.39. The third kappa shape index (κ3) is 4.97. The first-order chi connectivity index (χ1) is 11.6. The molecule has 1 aromatic carbocycles. The zero-order chi connectivity index (χ0) is 17.4. The number of halogens is 1. The molecule has 6 heteroatoms. The molecule has 1 amide bonds. The molecule has 24 heavy (non-hydrogen) atoms. The monoisotopic (exact) mass is 343 g/mol. The van der Waals surface area contributed by atoms with Crippen LogP contribution in [0.1, 0.15) is 18.9 Å². The molecule has 0 saturated heterocycles. The number of aromatic nitrogens is 1. The van der Waals surface area contributed by atoms with Gasteiger partial charge in [0.25, 0.3) is 5.91 Å². The average Bonchev–Trinajstić information content (AvgIpc) is 2.60. The molecule has 0 aliphatic heterocycles. The van der Waals surface area contributed by atoms with Gasteiger partial charge in [-0.25, -0.2) is 0 Å². The van der Waals surface area contributed by atoms with Crippen LogP contribution in [-0.4, -0.2) is 28.4 Å². The van der Waals surface area contributed by atoms with Gasteiger partial charge in [-0.05, 0) is 30.7 Å².